The highest BCUT2D eigenvalue weighted by Gasteiger charge is 2.39. The van der Waals surface area contributed by atoms with Crippen molar-refractivity contribution in [1.82, 2.24) is 0 Å². The highest BCUT2D eigenvalue weighted by atomic mass is 19.2. The van der Waals surface area contributed by atoms with Gasteiger partial charge < -0.3 is 9.47 Å². The number of ether oxygens (including phenoxy) is 2. The fraction of sp³-hybridized carbons (Fsp3) is 0.438. The normalized spacial score (nSPS) is 21.4. The van der Waals surface area contributed by atoms with E-state index in [9.17, 15) is 13.6 Å². The molecule has 0 aliphatic heterocycles. The summed E-state index contributed by atoms with van der Waals surface area (Å²) in [5.74, 6) is -3.23. The Morgan fingerprint density at radius 3 is 2.71 bits per heavy atom. The highest BCUT2D eigenvalue weighted by Crippen LogP contribution is 2.46. The molecule has 3 nitrogen and oxygen atoms in total. The van der Waals surface area contributed by atoms with Crippen molar-refractivity contribution < 1.29 is 23.0 Å². The zero-order valence-electron chi connectivity index (χ0n) is 12.1. The summed E-state index contributed by atoms with van der Waals surface area (Å²) < 4.78 is 37.2. The predicted molar refractivity (Wildman–Crippen MR) is 74.1 cm³/mol. The van der Waals surface area contributed by atoms with Gasteiger partial charge in [-0.05, 0) is 25.8 Å². The summed E-state index contributed by atoms with van der Waals surface area (Å²) in [6, 6.07) is 2.52. The molecular weight excluding hydrogens is 278 g/mol. The molecule has 0 saturated heterocycles. The molecule has 1 saturated carbocycles. The van der Waals surface area contributed by atoms with Crippen LogP contribution in [0.1, 0.15) is 31.2 Å². The zero-order valence-corrected chi connectivity index (χ0v) is 12.1. The van der Waals surface area contributed by atoms with E-state index in [0.717, 1.165) is 11.6 Å². The van der Waals surface area contributed by atoms with E-state index in [1.54, 1.807) is 6.92 Å². The smallest absolute Gasteiger partial charge is 0.309 e. The van der Waals surface area contributed by atoms with Crippen LogP contribution in [0.15, 0.2) is 24.3 Å². The van der Waals surface area contributed by atoms with Gasteiger partial charge in [0.15, 0.2) is 11.6 Å². The fourth-order valence-electron chi connectivity index (χ4n) is 2.86. The molecule has 1 aliphatic carbocycles. The van der Waals surface area contributed by atoms with Crippen molar-refractivity contribution in [3.63, 3.8) is 0 Å². The van der Waals surface area contributed by atoms with E-state index in [0.29, 0.717) is 18.4 Å². The number of methoxy groups -OCH3 is 1. The molecule has 1 fully saturated rings. The van der Waals surface area contributed by atoms with Crippen molar-refractivity contribution >= 4 is 5.97 Å². The van der Waals surface area contributed by atoms with Gasteiger partial charge in [0, 0.05) is 11.5 Å². The highest BCUT2D eigenvalue weighted by molar-refractivity contribution is 5.75. The Kier molecular flexibility index (Phi) is 4.60. The summed E-state index contributed by atoms with van der Waals surface area (Å²) in [5.41, 5.74) is 1.37. The van der Waals surface area contributed by atoms with Crippen LogP contribution >= 0.6 is 0 Å². The van der Waals surface area contributed by atoms with Crippen molar-refractivity contribution in [3.05, 3.63) is 41.5 Å². The minimum atomic E-state index is -1.03. The average Bonchev–Trinajstić information content (AvgIpc) is 2.84. The van der Waals surface area contributed by atoms with Crippen LogP contribution in [0.3, 0.4) is 0 Å². The van der Waals surface area contributed by atoms with Gasteiger partial charge in [0.1, 0.15) is 0 Å². The van der Waals surface area contributed by atoms with E-state index in [4.69, 9.17) is 9.47 Å². The zero-order chi connectivity index (χ0) is 15.6. The Morgan fingerprint density at radius 1 is 1.38 bits per heavy atom. The summed E-state index contributed by atoms with van der Waals surface area (Å²) >= 11 is 0. The molecule has 0 aromatic heterocycles. The molecule has 2 atom stereocenters. The monoisotopic (exact) mass is 296 g/mol. The number of rotatable bonds is 4. The molecule has 114 valence electrons. The summed E-state index contributed by atoms with van der Waals surface area (Å²) in [6.45, 7) is 5.91. The van der Waals surface area contributed by atoms with Gasteiger partial charge >= 0.3 is 5.97 Å². The van der Waals surface area contributed by atoms with Gasteiger partial charge in [-0.1, -0.05) is 18.2 Å². The number of carbonyl (C=O) groups is 1. The second-order valence-corrected chi connectivity index (χ2v) is 5.11. The quantitative estimate of drug-likeness (QED) is 0.629. The average molecular weight is 296 g/mol. The van der Waals surface area contributed by atoms with E-state index in [1.165, 1.54) is 13.2 Å². The minimum Gasteiger partial charge on any atom is -0.493 e. The van der Waals surface area contributed by atoms with Gasteiger partial charge in [-0.15, -0.1) is 0 Å². The third kappa shape index (κ3) is 2.91. The van der Waals surface area contributed by atoms with Crippen LogP contribution in [0.25, 0.3) is 0 Å². The first-order chi connectivity index (χ1) is 9.99. The summed E-state index contributed by atoms with van der Waals surface area (Å²) in [6.07, 6.45) is 1.02. The van der Waals surface area contributed by atoms with Crippen LogP contribution in [0.4, 0.5) is 8.78 Å². The molecule has 0 unspecified atom stereocenters. The number of hydrogen-bond acceptors (Lipinski definition) is 3. The maximum absolute atomic E-state index is 13.9. The van der Waals surface area contributed by atoms with Gasteiger partial charge in [-0.3, -0.25) is 4.79 Å². The molecule has 5 heteroatoms. The molecule has 2 rings (SSSR count). The van der Waals surface area contributed by atoms with E-state index < -0.39 is 17.6 Å². The predicted octanol–water partition coefficient (Wildman–Crippen LogP) is 3.59. The number of esters is 1. The first-order valence-electron chi connectivity index (χ1n) is 6.84. The molecule has 0 N–H and O–H groups in total. The molecule has 0 amide bonds. The molecule has 1 aromatic carbocycles. The van der Waals surface area contributed by atoms with E-state index in [-0.39, 0.29) is 24.2 Å². The van der Waals surface area contributed by atoms with Gasteiger partial charge in [0.25, 0.3) is 0 Å². The lowest BCUT2D eigenvalue weighted by molar-refractivity contribution is -0.148. The molecule has 0 radical (unpaired) electrons. The van der Waals surface area contributed by atoms with Crippen molar-refractivity contribution in [2.75, 3.05) is 13.7 Å². The van der Waals surface area contributed by atoms with Crippen molar-refractivity contribution in [1.29, 1.82) is 0 Å². The summed E-state index contributed by atoms with van der Waals surface area (Å²) in [7, 11) is 1.28. The molecular formula is C16H18F2O3. The lowest BCUT2D eigenvalue weighted by Gasteiger charge is -2.20. The summed E-state index contributed by atoms with van der Waals surface area (Å²) in [5, 5.41) is 0. The number of allylic oxidation sites excluding steroid dienone is 1. The second kappa shape index (κ2) is 6.24. The van der Waals surface area contributed by atoms with Crippen molar-refractivity contribution in [2.24, 2.45) is 5.92 Å². The minimum absolute atomic E-state index is 0.149. The van der Waals surface area contributed by atoms with Gasteiger partial charge in [0.05, 0.1) is 19.6 Å². The molecule has 1 aliphatic rings. The van der Waals surface area contributed by atoms with Crippen molar-refractivity contribution in [3.8, 4) is 5.75 Å². The lowest BCUT2D eigenvalue weighted by atomic mass is 9.88. The first kappa shape index (κ1) is 15.5. The SMILES string of the molecule is C=C1C[C@@H](C(=O)OCC)[C@H](c2ccc(F)c(F)c2OC)C1. The fourth-order valence-corrected chi connectivity index (χ4v) is 2.86. The topological polar surface area (TPSA) is 35.5 Å². The van der Waals surface area contributed by atoms with Crippen LogP contribution in [0.2, 0.25) is 0 Å². The lowest BCUT2D eigenvalue weighted by Crippen LogP contribution is -2.21. The molecule has 21 heavy (non-hydrogen) atoms. The van der Waals surface area contributed by atoms with E-state index in [2.05, 4.69) is 6.58 Å². The number of carbonyl (C=O) groups excluding carboxylic acids is 1. The Labute approximate surface area is 122 Å². The number of hydrogen-bond donors (Lipinski definition) is 0. The molecule has 0 bridgehead atoms. The molecule has 1 aromatic rings. The van der Waals surface area contributed by atoms with Crippen molar-refractivity contribution in [2.45, 2.75) is 25.7 Å². The van der Waals surface area contributed by atoms with Crippen LogP contribution in [-0.2, 0) is 9.53 Å². The Balaban J connectivity index is 2.41. The van der Waals surface area contributed by atoms with Gasteiger partial charge in [-0.25, -0.2) is 4.39 Å². The van der Waals surface area contributed by atoms with Crippen LogP contribution in [0, 0.1) is 17.6 Å². The van der Waals surface area contributed by atoms with E-state index in [1.807, 2.05) is 0 Å². The third-order valence-corrected chi connectivity index (χ3v) is 3.78. The van der Waals surface area contributed by atoms with Gasteiger partial charge in [0.2, 0.25) is 5.82 Å². The Morgan fingerprint density at radius 2 is 2.10 bits per heavy atom. The van der Waals surface area contributed by atoms with E-state index >= 15 is 0 Å². The van der Waals surface area contributed by atoms with Crippen LogP contribution in [-0.4, -0.2) is 19.7 Å². The maximum Gasteiger partial charge on any atom is 0.309 e. The van der Waals surface area contributed by atoms with Crippen LogP contribution in [0.5, 0.6) is 5.75 Å². The largest absolute Gasteiger partial charge is 0.493 e. The molecule has 0 spiro atoms. The summed E-state index contributed by atoms with van der Waals surface area (Å²) in [4.78, 5) is 12.1. The number of benzene rings is 1. The first-order valence-corrected chi connectivity index (χ1v) is 6.84. The Hall–Kier alpha value is -1.91. The Bertz CT molecular complexity index is 569. The number of halogens is 2. The second-order valence-electron chi connectivity index (χ2n) is 5.11. The third-order valence-electron chi connectivity index (χ3n) is 3.78. The maximum atomic E-state index is 13.9. The van der Waals surface area contributed by atoms with Crippen LogP contribution < -0.4 is 4.74 Å². The standard InChI is InChI=1S/C16H18F2O3/c1-4-21-16(19)12-8-9(2)7-11(12)10-5-6-13(17)14(18)15(10)20-3/h5-6,11-12H,2,4,7-8H2,1,3H3/t11-,12+/m0/s1. The molecule has 0 heterocycles. The van der Waals surface area contributed by atoms with Gasteiger partial charge in [-0.2, -0.15) is 4.39 Å².